The van der Waals surface area contributed by atoms with Crippen LogP contribution in [0.3, 0.4) is 0 Å². The minimum Gasteiger partial charge on any atom is -0.262 e. The van der Waals surface area contributed by atoms with Crippen molar-refractivity contribution >= 4 is 0 Å². The average molecular weight is 386 g/mol. The molecule has 0 bridgehead atoms. The largest absolute Gasteiger partial charge is 0.262 e. The second kappa shape index (κ2) is 7.50. The number of rotatable bonds is 3. The molecule has 0 atom stereocenters. The van der Waals surface area contributed by atoms with E-state index in [1.807, 2.05) is 30.3 Å². The smallest absolute Gasteiger partial charge is 0.207 e. The van der Waals surface area contributed by atoms with Crippen LogP contribution in [0.4, 0.5) is 4.39 Å². The summed E-state index contributed by atoms with van der Waals surface area (Å²) in [7, 11) is 0. The van der Waals surface area contributed by atoms with Crippen LogP contribution in [0.5, 0.6) is 0 Å². The van der Waals surface area contributed by atoms with E-state index in [1.165, 1.54) is 6.20 Å². The van der Waals surface area contributed by atoms with Gasteiger partial charge in [0.05, 0.1) is 17.5 Å². The lowest BCUT2D eigenvalue weighted by molar-refractivity contribution is 0.624. The number of halogens is 1. The number of nitrogens with one attached hydrogen (secondary N) is 1. The number of pyridine rings is 2. The van der Waals surface area contributed by atoms with Crippen LogP contribution in [-0.4, -0.2) is 30.6 Å². The molecule has 1 aliphatic rings. The summed E-state index contributed by atoms with van der Waals surface area (Å²) < 4.78 is 15.0. The highest BCUT2D eigenvalue weighted by atomic mass is 19.1. The van der Waals surface area contributed by atoms with Crippen molar-refractivity contribution in [2.45, 2.75) is 32.1 Å². The molecule has 0 saturated carbocycles. The summed E-state index contributed by atoms with van der Waals surface area (Å²) in [5.41, 5.74) is 5.80. The first-order valence-electron chi connectivity index (χ1n) is 9.78. The van der Waals surface area contributed by atoms with E-state index in [0.717, 1.165) is 60.2 Å². The van der Waals surface area contributed by atoms with Crippen molar-refractivity contribution in [3.63, 3.8) is 0 Å². The topological polar surface area (TPSA) is 80.2 Å². The summed E-state index contributed by atoms with van der Waals surface area (Å²) in [4.78, 5) is 8.99. The number of tetrazole rings is 1. The van der Waals surface area contributed by atoms with E-state index >= 15 is 0 Å². The monoisotopic (exact) mass is 386 g/mol. The molecule has 0 unspecified atom stereocenters. The fourth-order valence-corrected chi connectivity index (χ4v) is 4.08. The summed E-state index contributed by atoms with van der Waals surface area (Å²) in [5.74, 6) is 0.0449. The van der Waals surface area contributed by atoms with Gasteiger partial charge in [-0.15, -0.1) is 10.2 Å². The van der Waals surface area contributed by atoms with Crippen molar-refractivity contribution in [2.75, 3.05) is 0 Å². The van der Waals surface area contributed by atoms with Crippen LogP contribution < -0.4 is 0 Å². The fourth-order valence-electron chi connectivity index (χ4n) is 4.08. The molecule has 0 aliphatic heterocycles. The quantitative estimate of drug-likeness (QED) is 0.528. The molecule has 144 valence electrons. The molecule has 5 rings (SSSR count). The highest BCUT2D eigenvalue weighted by Gasteiger charge is 2.27. The van der Waals surface area contributed by atoms with E-state index in [-0.39, 0.29) is 5.82 Å². The lowest BCUT2D eigenvalue weighted by Crippen LogP contribution is -2.06. The summed E-state index contributed by atoms with van der Waals surface area (Å²) in [6, 6.07) is 11.6. The predicted molar refractivity (Wildman–Crippen MR) is 107 cm³/mol. The second-order valence-corrected chi connectivity index (χ2v) is 7.15. The van der Waals surface area contributed by atoms with Gasteiger partial charge in [0.2, 0.25) is 5.82 Å². The van der Waals surface area contributed by atoms with Gasteiger partial charge in [0, 0.05) is 28.6 Å². The zero-order chi connectivity index (χ0) is 19.6. The van der Waals surface area contributed by atoms with Crippen molar-refractivity contribution < 1.29 is 4.39 Å². The molecule has 6 nitrogen and oxygen atoms in total. The number of hydrogen-bond donors (Lipinski definition) is 1. The number of benzene rings is 1. The summed E-state index contributed by atoms with van der Waals surface area (Å²) >= 11 is 0. The number of fused-ring (bicyclic) bond motifs is 1. The molecule has 0 fully saturated rings. The molecule has 4 aromatic rings. The van der Waals surface area contributed by atoms with Gasteiger partial charge in [0.25, 0.3) is 0 Å². The maximum atomic E-state index is 15.0. The fraction of sp³-hybridized carbons (Fsp3) is 0.227. The van der Waals surface area contributed by atoms with Crippen molar-refractivity contribution in [1.82, 2.24) is 30.6 Å². The Morgan fingerprint density at radius 3 is 2.59 bits per heavy atom. The number of H-pyrrole nitrogens is 1. The summed E-state index contributed by atoms with van der Waals surface area (Å²) in [6.07, 6.45) is 7.84. The first-order valence-corrected chi connectivity index (χ1v) is 9.78. The van der Waals surface area contributed by atoms with Gasteiger partial charge in [-0.05, 0) is 42.5 Å². The first kappa shape index (κ1) is 17.6. The number of aromatic nitrogens is 6. The Bertz CT molecular complexity index is 1140. The zero-order valence-electron chi connectivity index (χ0n) is 15.8. The molecular weight excluding hydrogens is 367 g/mol. The van der Waals surface area contributed by atoms with Crippen LogP contribution in [-0.2, 0) is 12.8 Å². The van der Waals surface area contributed by atoms with Gasteiger partial charge in [0.1, 0.15) is 5.82 Å². The van der Waals surface area contributed by atoms with E-state index in [1.54, 1.807) is 12.3 Å². The normalized spacial score (nSPS) is 13.7. The third-order valence-electron chi connectivity index (χ3n) is 5.38. The lowest BCUT2D eigenvalue weighted by atomic mass is 9.88. The van der Waals surface area contributed by atoms with Crippen molar-refractivity contribution in [1.29, 1.82) is 0 Å². The van der Waals surface area contributed by atoms with E-state index in [9.17, 15) is 4.39 Å². The molecule has 0 amide bonds. The number of aryl methyl sites for hydroxylation is 1. The van der Waals surface area contributed by atoms with Gasteiger partial charge in [-0.25, -0.2) is 4.39 Å². The molecule has 0 spiro atoms. The van der Waals surface area contributed by atoms with Crippen LogP contribution in [0.25, 0.3) is 33.8 Å². The number of aromatic amines is 1. The van der Waals surface area contributed by atoms with Gasteiger partial charge < -0.3 is 0 Å². The van der Waals surface area contributed by atoms with Crippen molar-refractivity contribution in [2.24, 2.45) is 0 Å². The Morgan fingerprint density at radius 1 is 0.931 bits per heavy atom. The van der Waals surface area contributed by atoms with Crippen LogP contribution in [0.1, 0.15) is 30.5 Å². The van der Waals surface area contributed by atoms with Gasteiger partial charge in [-0.3, -0.25) is 9.97 Å². The van der Waals surface area contributed by atoms with Crippen LogP contribution >= 0.6 is 0 Å². The minimum atomic E-state index is -0.367. The highest BCUT2D eigenvalue weighted by molar-refractivity contribution is 5.92. The number of nitrogens with zero attached hydrogens (tertiary/aromatic N) is 5. The Hall–Kier alpha value is -3.48. The SMILES string of the molecule is Fc1cnccc1-c1c2c(nc(-c3ccccc3)c1-c1nn[nH]n1)CCCCC2. The van der Waals surface area contributed by atoms with Gasteiger partial charge in [-0.1, -0.05) is 36.8 Å². The van der Waals surface area contributed by atoms with E-state index < -0.39 is 0 Å². The number of hydrogen-bond acceptors (Lipinski definition) is 5. The molecule has 29 heavy (non-hydrogen) atoms. The molecule has 7 heteroatoms. The summed E-state index contributed by atoms with van der Waals surface area (Å²) in [6.45, 7) is 0. The average Bonchev–Trinajstić information content (AvgIpc) is 3.19. The third kappa shape index (κ3) is 3.18. The minimum absolute atomic E-state index is 0.367. The van der Waals surface area contributed by atoms with E-state index in [2.05, 4.69) is 25.6 Å². The Labute approximate surface area is 167 Å². The molecule has 3 aromatic heterocycles. The zero-order valence-corrected chi connectivity index (χ0v) is 15.8. The van der Waals surface area contributed by atoms with E-state index in [0.29, 0.717) is 17.0 Å². The van der Waals surface area contributed by atoms with Crippen LogP contribution in [0, 0.1) is 5.82 Å². The molecule has 1 aliphatic carbocycles. The van der Waals surface area contributed by atoms with Gasteiger partial charge in [0.15, 0.2) is 0 Å². The van der Waals surface area contributed by atoms with Crippen LogP contribution in [0.15, 0.2) is 48.8 Å². The maximum Gasteiger partial charge on any atom is 0.207 e. The Morgan fingerprint density at radius 2 is 1.79 bits per heavy atom. The van der Waals surface area contributed by atoms with Crippen molar-refractivity contribution in [3.8, 4) is 33.8 Å². The third-order valence-corrected chi connectivity index (χ3v) is 5.38. The van der Waals surface area contributed by atoms with Crippen molar-refractivity contribution in [3.05, 3.63) is 65.9 Å². The van der Waals surface area contributed by atoms with Gasteiger partial charge >= 0.3 is 0 Å². The molecule has 0 saturated heterocycles. The molecule has 3 heterocycles. The molecule has 1 N–H and O–H groups in total. The molecular formula is C22H19FN6. The Kier molecular flexibility index (Phi) is 4.56. The first-order chi connectivity index (χ1) is 14.3. The van der Waals surface area contributed by atoms with Crippen LogP contribution in [0.2, 0.25) is 0 Å². The van der Waals surface area contributed by atoms with Gasteiger partial charge in [-0.2, -0.15) is 5.21 Å². The molecule has 0 radical (unpaired) electrons. The Balaban J connectivity index is 1.92. The highest BCUT2D eigenvalue weighted by Crippen LogP contribution is 2.42. The standard InChI is InChI=1S/C22H19FN6/c23-17-13-24-12-11-15(17)19-16-9-5-2-6-10-18(16)25-21(14-7-3-1-4-8-14)20(19)22-26-28-29-27-22/h1,3-4,7-8,11-13H,2,5-6,9-10H2,(H,26,27,28,29). The lowest BCUT2D eigenvalue weighted by Gasteiger charge is -2.20. The van der Waals surface area contributed by atoms with E-state index in [4.69, 9.17) is 4.98 Å². The second-order valence-electron chi connectivity index (χ2n) is 7.15. The molecule has 1 aromatic carbocycles. The summed E-state index contributed by atoms with van der Waals surface area (Å²) in [5, 5.41) is 14.8. The maximum absolute atomic E-state index is 15.0. The predicted octanol–water partition coefficient (Wildman–Crippen LogP) is 4.40.